The van der Waals surface area contributed by atoms with Crippen LogP contribution in [0, 0.1) is 6.92 Å². The predicted molar refractivity (Wildman–Crippen MR) is 88.5 cm³/mol. The zero-order chi connectivity index (χ0) is 19.3. The SMILES string of the molecule is Cc1cnc2c(c1)N(S(=O)(=O)c1cccc(C(F)(F)F)c1)[C@H](C)CC2=O. The minimum Gasteiger partial charge on any atom is -0.292 e. The number of benzene rings is 1. The lowest BCUT2D eigenvalue weighted by atomic mass is 10.0. The molecule has 2 heterocycles. The van der Waals surface area contributed by atoms with Crippen molar-refractivity contribution < 1.29 is 26.4 Å². The number of pyridine rings is 1. The highest BCUT2D eigenvalue weighted by molar-refractivity contribution is 7.92. The van der Waals surface area contributed by atoms with Gasteiger partial charge in [0, 0.05) is 12.6 Å². The number of nitrogens with zero attached hydrogens (tertiary/aromatic N) is 2. The number of Topliss-reactive ketones (excluding diaryl/α,β-unsaturated/α-hetero) is 1. The van der Waals surface area contributed by atoms with E-state index in [1.54, 1.807) is 6.92 Å². The van der Waals surface area contributed by atoms with Gasteiger partial charge in [0.15, 0.2) is 5.78 Å². The van der Waals surface area contributed by atoms with Crippen molar-refractivity contribution in [3.63, 3.8) is 0 Å². The second kappa shape index (κ2) is 6.08. The standard InChI is InChI=1S/C17H15F3N2O3S/c1-10-6-14-16(21-9-10)15(23)7-11(2)22(14)26(24,25)13-5-3-4-12(8-13)17(18,19)20/h3-6,8-9,11H,7H2,1-2H3/t11-/m1/s1. The number of anilines is 1. The molecule has 9 heteroatoms. The number of sulfonamides is 1. The number of halogens is 3. The van der Waals surface area contributed by atoms with Gasteiger partial charge in [-0.25, -0.2) is 8.42 Å². The Bertz CT molecular complexity index is 987. The van der Waals surface area contributed by atoms with Crippen LogP contribution in [0.5, 0.6) is 0 Å². The van der Waals surface area contributed by atoms with Crippen molar-refractivity contribution in [2.75, 3.05) is 4.31 Å². The molecule has 0 radical (unpaired) electrons. The Kier molecular flexibility index (Phi) is 4.30. The molecule has 0 spiro atoms. The molecule has 0 amide bonds. The number of rotatable bonds is 2. The number of hydrogen-bond acceptors (Lipinski definition) is 4. The summed E-state index contributed by atoms with van der Waals surface area (Å²) in [6, 6.07) is 4.32. The molecule has 0 N–H and O–H groups in total. The van der Waals surface area contributed by atoms with E-state index in [-0.39, 0.29) is 23.6 Å². The molecule has 3 rings (SSSR count). The summed E-state index contributed by atoms with van der Waals surface area (Å²) < 4.78 is 66.0. The zero-order valence-corrected chi connectivity index (χ0v) is 14.7. The number of aryl methyl sites for hydroxylation is 1. The molecule has 0 saturated heterocycles. The Hall–Kier alpha value is -2.42. The van der Waals surface area contributed by atoms with Crippen LogP contribution in [-0.4, -0.2) is 25.2 Å². The van der Waals surface area contributed by atoms with Gasteiger partial charge in [0.05, 0.1) is 22.2 Å². The van der Waals surface area contributed by atoms with Crippen LogP contribution in [0.25, 0.3) is 0 Å². The van der Waals surface area contributed by atoms with Gasteiger partial charge in [-0.15, -0.1) is 0 Å². The van der Waals surface area contributed by atoms with Crippen LogP contribution in [-0.2, 0) is 16.2 Å². The lowest BCUT2D eigenvalue weighted by Gasteiger charge is -2.34. The summed E-state index contributed by atoms with van der Waals surface area (Å²) in [5, 5.41) is 0. The van der Waals surface area contributed by atoms with E-state index in [4.69, 9.17) is 0 Å². The van der Waals surface area contributed by atoms with Crippen molar-refractivity contribution in [2.45, 2.75) is 37.4 Å². The third-order valence-electron chi connectivity index (χ3n) is 4.11. The first-order valence-corrected chi connectivity index (χ1v) is 9.17. The molecule has 26 heavy (non-hydrogen) atoms. The fourth-order valence-electron chi connectivity index (χ4n) is 2.93. The van der Waals surface area contributed by atoms with Crippen LogP contribution in [0.2, 0.25) is 0 Å². The highest BCUT2D eigenvalue weighted by Crippen LogP contribution is 2.36. The summed E-state index contributed by atoms with van der Waals surface area (Å²) in [4.78, 5) is 15.7. The second-order valence-electron chi connectivity index (χ2n) is 6.18. The molecule has 0 fully saturated rings. The highest BCUT2D eigenvalue weighted by Gasteiger charge is 2.39. The van der Waals surface area contributed by atoms with Gasteiger partial charge in [0.25, 0.3) is 10.0 Å². The summed E-state index contributed by atoms with van der Waals surface area (Å²) in [6.45, 7) is 3.22. The Morgan fingerprint density at radius 3 is 2.58 bits per heavy atom. The van der Waals surface area contributed by atoms with Gasteiger partial charge in [-0.3, -0.25) is 14.1 Å². The molecule has 1 aromatic carbocycles. The number of ketones is 1. The Morgan fingerprint density at radius 2 is 1.92 bits per heavy atom. The van der Waals surface area contributed by atoms with Gasteiger partial charge in [0.2, 0.25) is 0 Å². The Morgan fingerprint density at radius 1 is 1.23 bits per heavy atom. The number of carbonyl (C=O) groups excluding carboxylic acids is 1. The molecular weight excluding hydrogens is 369 g/mol. The monoisotopic (exact) mass is 384 g/mol. The van der Waals surface area contributed by atoms with Crippen LogP contribution in [0.15, 0.2) is 41.4 Å². The van der Waals surface area contributed by atoms with E-state index in [9.17, 15) is 26.4 Å². The zero-order valence-electron chi connectivity index (χ0n) is 13.9. The third-order valence-corrected chi connectivity index (χ3v) is 6.03. The van der Waals surface area contributed by atoms with E-state index in [2.05, 4.69) is 4.98 Å². The first-order valence-electron chi connectivity index (χ1n) is 7.73. The summed E-state index contributed by atoms with van der Waals surface area (Å²) in [7, 11) is -4.31. The molecule has 0 saturated carbocycles. The molecule has 5 nitrogen and oxygen atoms in total. The molecule has 0 bridgehead atoms. The van der Waals surface area contributed by atoms with Crippen LogP contribution in [0.4, 0.5) is 18.9 Å². The molecule has 1 aromatic heterocycles. The smallest absolute Gasteiger partial charge is 0.292 e. The summed E-state index contributed by atoms with van der Waals surface area (Å²) >= 11 is 0. The van der Waals surface area contributed by atoms with Crippen molar-refractivity contribution >= 4 is 21.5 Å². The van der Waals surface area contributed by atoms with E-state index >= 15 is 0 Å². The highest BCUT2D eigenvalue weighted by atomic mass is 32.2. The molecular formula is C17H15F3N2O3S. The topological polar surface area (TPSA) is 67.3 Å². The van der Waals surface area contributed by atoms with Crippen LogP contribution >= 0.6 is 0 Å². The lowest BCUT2D eigenvalue weighted by Crippen LogP contribution is -2.44. The molecule has 2 aromatic rings. The Labute approximate surface area is 148 Å². The number of fused-ring (bicyclic) bond motifs is 1. The first-order chi connectivity index (χ1) is 12.0. The predicted octanol–water partition coefficient (Wildman–Crippen LogP) is 3.58. The van der Waals surface area contributed by atoms with Crippen molar-refractivity contribution in [1.29, 1.82) is 0 Å². The van der Waals surface area contributed by atoms with Crippen LogP contribution < -0.4 is 4.31 Å². The fraction of sp³-hybridized carbons (Fsp3) is 0.294. The number of hydrogen-bond donors (Lipinski definition) is 0. The van der Waals surface area contributed by atoms with Gasteiger partial charge >= 0.3 is 6.18 Å². The maximum Gasteiger partial charge on any atom is 0.416 e. The van der Waals surface area contributed by atoms with E-state index in [0.29, 0.717) is 11.6 Å². The molecule has 0 unspecified atom stereocenters. The first kappa shape index (κ1) is 18.4. The summed E-state index contributed by atoms with van der Waals surface area (Å²) in [5.41, 5.74) is -0.327. The summed E-state index contributed by atoms with van der Waals surface area (Å²) in [6.07, 6.45) is -3.31. The lowest BCUT2D eigenvalue weighted by molar-refractivity contribution is -0.137. The average molecular weight is 384 g/mol. The van der Waals surface area contributed by atoms with E-state index in [1.165, 1.54) is 19.2 Å². The maximum atomic E-state index is 13.1. The molecule has 138 valence electrons. The quantitative estimate of drug-likeness (QED) is 0.794. The van der Waals surface area contributed by atoms with Crippen molar-refractivity contribution in [1.82, 2.24) is 4.98 Å². The number of aromatic nitrogens is 1. The Balaban J connectivity index is 2.18. The maximum absolute atomic E-state index is 13.1. The minimum atomic E-state index is -4.66. The van der Waals surface area contributed by atoms with Gasteiger partial charge in [0.1, 0.15) is 5.69 Å². The molecule has 1 atom stereocenters. The van der Waals surface area contributed by atoms with Crippen LogP contribution in [0.1, 0.15) is 35.0 Å². The van der Waals surface area contributed by atoms with Crippen molar-refractivity contribution in [2.24, 2.45) is 0 Å². The van der Waals surface area contributed by atoms with E-state index in [0.717, 1.165) is 22.5 Å². The summed E-state index contributed by atoms with van der Waals surface area (Å²) in [5.74, 6) is -0.303. The van der Waals surface area contributed by atoms with Gasteiger partial charge < -0.3 is 0 Å². The minimum absolute atomic E-state index is 0.00394. The number of alkyl halides is 3. The van der Waals surface area contributed by atoms with Gasteiger partial charge in [-0.2, -0.15) is 13.2 Å². The normalized spacial score (nSPS) is 18.0. The van der Waals surface area contributed by atoms with E-state index < -0.39 is 32.7 Å². The van der Waals surface area contributed by atoms with Gasteiger partial charge in [-0.1, -0.05) is 6.07 Å². The molecule has 1 aliphatic rings. The fourth-order valence-corrected chi connectivity index (χ4v) is 4.63. The number of carbonyl (C=O) groups is 1. The largest absolute Gasteiger partial charge is 0.416 e. The van der Waals surface area contributed by atoms with Gasteiger partial charge in [-0.05, 0) is 43.7 Å². The van der Waals surface area contributed by atoms with Crippen molar-refractivity contribution in [3.8, 4) is 0 Å². The van der Waals surface area contributed by atoms with E-state index in [1.807, 2.05) is 0 Å². The second-order valence-corrected chi connectivity index (χ2v) is 8.00. The third kappa shape index (κ3) is 3.07. The van der Waals surface area contributed by atoms with Crippen LogP contribution in [0.3, 0.4) is 0 Å². The van der Waals surface area contributed by atoms with Crippen molar-refractivity contribution in [3.05, 3.63) is 53.3 Å². The molecule has 0 aliphatic carbocycles. The molecule has 1 aliphatic heterocycles. The average Bonchev–Trinajstić information content (AvgIpc) is 2.53.